The van der Waals surface area contributed by atoms with E-state index in [0.717, 1.165) is 17.9 Å². The summed E-state index contributed by atoms with van der Waals surface area (Å²) in [5, 5.41) is 0. The third-order valence-electron chi connectivity index (χ3n) is 4.30. The number of hydrogen-bond acceptors (Lipinski definition) is 2. The fourth-order valence-electron chi connectivity index (χ4n) is 3.34. The van der Waals surface area contributed by atoms with E-state index in [1.807, 2.05) is 0 Å². The molecule has 0 aromatic rings. The van der Waals surface area contributed by atoms with Gasteiger partial charge in [0.1, 0.15) is 0 Å². The number of likely N-dealkylation sites (tertiary alicyclic amines) is 1. The molecular weight excluding hydrogens is 184 g/mol. The Morgan fingerprint density at radius 1 is 1.13 bits per heavy atom. The smallest absolute Gasteiger partial charge is 0.00701 e. The fourth-order valence-corrected chi connectivity index (χ4v) is 3.34. The highest BCUT2D eigenvalue weighted by molar-refractivity contribution is 4.84. The van der Waals surface area contributed by atoms with Crippen LogP contribution in [0.5, 0.6) is 0 Å². The van der Waals surface area contributed by atoms with E-state index in [1.165, 1.54) is 45.2 Å². The van der Waals surface area contributed by atoms with Crippen LogP contribution in [0.2, 0.25) is 0 Å². The summed E-state index contributed by atoms with van der Waals surface area (Å²) >= 11 is 0. The monoisotopic (exact) mass is 210 g/mol. The highest BCUT2D eigenvalue weighted by atomic mass is 15.2. The Labute approximate surface area is 94.2 Å². The van der Waals surface area contributed by atoms with Gasteiger partial charge in [-0.05, 0) is 50.9 Å². The Balaban J connectivity index is 1.77. The van der Waals surface area contributed by atoms with Crippen LogP contribution in [0.15, 0.2) is 0 Å². The van der Waals surface area contributed by atoms with Crippen molar-refractivity contribution in [1.82, 2.24) is 4.90 Å². The van der Waals surface area contributed by atoms with Gasteiger partial charge >= 0.3 is 0 Å². The molecule has 1 aliphatic heterocycles. The molecule has 2 N–H and O–H groups in total. The molecule has 0 radical (unpaired) electrons. The first kappa shape index (κ1) is 11.4. The Morgan fingerprint density at radius 2 is 1.80 bits per heavy atom. The van der Waals surface area contributed by atoms with Gasteiger partial charge in [-0.2, -0.15) is 0 Å². The van der Waals surface area contributed by atoms with Gasteiger partial charge in [0.2, 0.25) is 0 Å². The maximum Gasteiger partial charge on any atom is 0.00701 e. The van der Waals surface area contributed by atoms with Crippen LogP contribution in [-0.4, -0.2) is 30.1 Å². The Kier molecular flexibility index (Phi) is 3.68. The molecule has 0 spiro atoms. The molecule has 2 aliphatic rings. The van der Waals surface area contributed by atoms with Crippen molar-refractivity contribution in [1.29, 1.82) is 0 Å². The molecule has 2 unspecified atom stereocenters. The summed E-state index contributed by atoms with van der Waals surface area (Å²) in [6.45, 7) is 7.42. The molecule has 0 aromatic heterocycles. The van der Waals surface area contributed by atoms with Crippen LogP contribution in [0, 0.1) is 11.8 Å². The number of nitrogens with two attached hydrogens (primary N) is 1. The van der Waals surface area contributed by atoms with Crippen LogP contribution in [0.4, 0.5) is 0 Å². The van der Waals surface area contributed by atoms with E-state index in [1.54, 1.807) is 0 Å². The van der Waals surface area contributed by atoms with Crippen molar-refractivity contribution in [3.8, 4) is 0 Å². The third-order valence-corrected chi connectivity index (χ3v) is 4.30. The summed E-state index contributed by atoms with van der Waals surface area (Å²) < 4.78 is 0. The highest BCUT2D eigenvalue weighted by Crippen LogP contribution is 2.28. The van der Waals surface area contributed by atoms with Gasteiger partial charge in [0, 0.05) is 25.2 Å². The van der Waals surface area contributed by atoms with Crippen molar-refractivity contribution < 1.29 is 0 Å². The van der Waals surface area contributed by atoms with Gasteiger partial charge in [0.15, 0.2) is 0 Å². The van der Waals surface area contributed by atoms with Crippen molar-refractivity contribution in [3.63, 3.8) is 0 Å². The van der Waals surface area contributed by atoms with Gasteiger partial charge in [-0.3, -0.25) is 0 Å². The van der Waals surface area contributed by atoms with Gasteiger partial charge in [-0.1, -0.05) is 6.92 Å². The first-order chi connectivity index (χ1) is 7.15. The average Bonchev–Trinajstić information content (AvgIpc) is 2.49. The lowest BCUT2D eigenvalue weighted by Crippen LogP contribution is -2.36. The minimum Gasteiger partial charge on any atom is -0.328 e. The second-order valence-electron chi connectivity index (χ2n) is 5.92. The molecule has 2 fully saturated rings. The summed E-state index contributed by atoms with van der Waals surface area (Å²) in [6, 6.07) is 1.31. The molecule has 15 heavy (non-hydrogen) atoms. The van der Waals surface area contributed by atoms with E-state index in [-0.39, 0.29) is 0 Å². The largest absolute Gasteiger partial charge is 0.328 e. The van der Waals surface area contributed by atoms with Crippen LogP contribution in [0.3, 0.4) is 0 Å². The molecule has 88 valence electrons. The molecular formula is C13H26N2. The lowest BCUT2D eigenvalue weighted by atomic mass is 9.86. The normalized spacial score (nSPS) is 43.4. The van der Waals surface area contributed by atoms with E-state index in [9.17, 15) is 0 Å². The standard InChI is InChI=1S/C13H26N2/c1-10-7-11(2)15(8-10)9-12-3-5-13(14)6-4-12/h10-13H,3-9,14H2,1-2H3. The summed E-state index contributed by atoms with van der Waals surface area (Å²) in [5.41, 5.74) is 5.94. The summed E-state index contributed by atoms with van der Waals surface area (Å²) in [5.74, 6) is 1.84. The topological polar surface area (TPSA) is 29.3 Å². The highest BCUT2D eigenvalue weighted by Gasteiger charge is 2.29. The van der Waals surface area contributed by atoms with Crippen LogP contribution in [0.25, 0.3) is 0 Å². The van der Waals surface area contributed by atoms with Crippen molar-refractivity contribution in [3.05, 3.63) is 0 Å². The van der Waals surface area contributed by atoms with Crippen LogP contribution in [0.1, 0.15) is 46.0 Å². The Hall–Kier alpha value is -0.0800. The van der Waals surface area contributed by atoms with E-state index < -0.39 is 0 Å². The molecule has 2 atom stereocenters. The van der Waals surface area contributed by atoms with E-state index in [4.69, 9.17) is 5.73 Å². The molecule has 0 aromatic carbocycles. The average molecular weight is 210 g/mol. The van der Waals surface area contributed by atoms with E-state index in [0.29, 0.717) is 6.04 Å². The van der Waals surface area contributed by atoms with Gasteiger partial charge < -0.3 is 10.6 Å². The zero-order chi connectivity index (χ0) is 10.8. The minimum absolute atomic E-state index is 0.496. The van der Waals surface area contributed by atoms with Crippen molar-refractivity contribution >= 4 is 0 Å². The number of nitrogens with zero attached hydrogens (tertiary/aromatic N) is 1. The van der Waals surface area contributed by atoms with Gasteiger partial charge in [0.25, 0.3) is 0 Å². The van der Waals surface area contributed by atoms with Gasteiger partial charge in [0.05, 0.1) is 0 Å². The summed E-state index contributed by atoms with van der Waals surface area (Å²) in [7, 11) is 0. The quantitative estimate of drug-likeness (QED) is 0.757. The second kappa shape index (κ2) is 4.84. The summed E-state index contributed by atoms with van der Waals surface area (Å²) in [6.07, 6.45) is 6.62. The lowest BCUT2D eigenvalue weighted by Gasteiger charge is -2.31. The molecule has 1 saturated heterocycles. The molecule has 0 bridgehead atoms. The first-order valence-corrected chi connectivity index (χ1v) is 6.64. The Bertz CT molecular complexity index is 197. The van der Waals surface area contributed by atoms with E-state index in [2.05, 4.69) is 18.7 Å². The minimum atomic E-state index is 0.496. The molecule has 2 rings (SSSR count). The fraction of sp³-hybridized carbons (Fsp3) is 1.00. The molecule has 1 saturated carbocycles. The molecule has 1 heterocycles. The van der Waals surface area contributed by atoms with Gasteiger partial charge in [-0.15, -0.1) is 0 Å². The van der Waals surface area contributed by atoms with Crippen molar-refractivity contribution in [2.75, 3.05) is 13.1 Å². The number of rotatable bonds is 2. The lowest BCUT2D eigenvalue weighted by molar-refractivity contribution is 0.187. The zero-order valence-corrected chi connectivity index (χ0v) is 10.3. The first-order valence-electron chi connectivity index (χ1n) is 6.64. The maximum atomic E-state index is 5.94. The van der Waals surface area contributed by atoms with Crippen molar-refractivity contribution in [2.24, 2.45) is 17.6 Å². The molecule has 2 nitrogen and oxygen atoms in total. The third kappa shape index (κ3) is 2.94. The van der Waals surface area contributed by atoms with Crippen molar-refractivity contribution in [2.45, 2.75) is 58.0 Å². The molecule has 2 heteroatoms. The Morgan fingerprint density at radius 3 is 2.33 bits per heavy atom. The maximum absolute atomic E-state index is 5.94. The van der Waals surface area contributed by atoms with Crippen LogP contribution < -0.4 is 5.73 Å². The molecule has 0 amide bonds. The second-order valence-corrected chi connectivity index (χ2v) is 5.92. The van der Waals surface area contributed by atoms with Crippen LogP contribution in [-0.2, 0) is 0 Å². The predicted molar refractivity (Wildman–Crippen MR) is 64.7 cm³/mol. The summed E-state index contributed by atoms with van der Waals surface area (Å²) in [4.78, 5) is 2.70. The zero-order valence-electron chi connectivity index (χ0n) is 10.3. The SMILES string of the molecule is CC1CC(C)N(CC2CCC(N)CC2)C1. The van der Waals surface area contributed by atoms with Crippen LogP contribution >= 0.6 is 0 Å². The van der Waals surface area contributed by atoms with Gasteiger partial charge in [-0.25, -0.2) is 0 Å². The van der Waals surface area contributed by atoms with E-state index >= 15 is 0 Å². The number of hydrogen-bond donors (Lipinski definition) is 1. The molecule has 1 aliphatic carbocycles. The predicted octanol–water partition coefficient (Wildman–Crippen LogP) is 2.23.